The second kappa shape index (κ2) is 8.51. The number of halogens is 2. The highest BCUT2D eigenvalue weighted by Crippen LogP contribution is 2.24. The summed E-state index contributed by atoms with van der Waals surface area (Å²) in [7, 11) is 0. The van der Waals surface area contributed by atoms with E-state index in [1.165, 1.54) is 23.1 Å². The topological polar surface area (TPSA) is 95.6 Å². The van der Waals surface area contributed by atoms with Crippen molar-refractivity contribution in [2.45, 2.75) is 18.7 Å². The lowest BCUT2D eigenvalue weighted by Gasteiger charge is -2.15. The van der Waals surface area contributed by atoms with E-state index in [2.05, 4.69) is 10.6 Å². The van der Waals surface area contributed by atoms with Crippen LogP contribution in [0.1, 0.15) is 44.9 Å². The molecule has 0 radical (unpaired) electrons. The van der Waals surface area contributed by atoms with Crippen molar-refractivity contribution < 1.29 is 19.2 Å². The average molecular weight is 400 g/mol. The number of alkyl halides is 2. The minimum Gasteiger partial charge on any atom is -0.352 e. The molecule has 1 aliphatic heterocycles. The van der Waals surface area contributed by atoms with Crippen LogP contribution in [0.5, 0.6) is 0 Å². The molecule has 7 nitrogen and oxygen atoms in total. The van der Waals surface area contributed by atoms with Crippen molar-refractivity contribution in [1.82, 2.24) is 15.5 Å². The third kappa shape index (κ3) is 4.53. The van der Waals surface area contributed by atoms with E-state index in [4.69, 9.17) is 23.2 Å². The molecule has 4 amide bonds. The number of fused-ring (bicyclic) bond motifs is 1. The zero-order valence-electron chi connectivity index (χ0n) is 14.3. The molecule has 0 atom stereocenters. The van der Waals surface area contributed by atoms with Gasteiger partial charge in [-0.25, -0.2) is 0 Å². The van der Waals surface area contributed by atoms with Crippen molar-refractivity contribution in [3.63, 3.8) is 0 Å². The molecule has 1 heterocycles. The molecule has 0 aliphatic carbocycles. The Bertz CT molecular complexity index is 750. The van der Waals surface area contributed by atoms with Gasteiger partial charge in [0.2, 0.25) is 0 Å². The standard InChI is InChI=1S/C17H19Cl2N3O4/c1-9(2)8-22-16(25)11-4-3-10(7-12(11)17(22)26)14(23)20-5-6-21-15(24)13(18)19/h3-4,7,9,13H,5-6,8H2,1-2H3,(H,20,23)(H,21,24). The van der Waals surface area contributed by atoms with Gasteiger partial charge in [-0.3, -0.25) is 24.1 Å². The fourth-order valence-corrected chi connectivity index (χ4v) is 2.66. The molecule has 2 N–H and O–H groups in total. The van der Waals surface area contributed by atoms with E-state index < -0.39 is 22.6 Å². The number of rotatable bonds is 7. The van der Waals surface area contributed by atoms with Crippen molar-refractivity contribution in [1.29, 1.82) is 0 Å². The van der Waals surface area contributed by atoms with E-state index in [1.807, 2.05) is 13.8 Å². The van der Waals surface area contributed by atoms with Crippen LogP contribution in [0.2, 0.25) is 0 Å². The Kier molecular flexibility index (Phi) is 6.61. The lowest BCUT2D eigenvalue weighted by Crippen LogP contribution is -2.36. The van der Waals surface area contributed by atoms with Crippen molar-refractivity contribution in [2.24, 2.45) is 5.92 Å². The third-order valence-corrected chi connectivity index (χ3v) is 4.08. The SMILES string of the molecule is CC(C)CN1C(=O)c2ccc(C(=O)NCCNC(=O)C(Cl)Cl)cc2C1=O. The van der Waals surface area contributed by atoms with Gasteiger partial charge in [0.25, 0.3) is 23.6 Å². The molecule has 0 unspecified atom stereocenters. The number of hydrogen-bond donors (Lipinski definition) is 2. The molecule has 9 heteroatoms. The highest BCUT2D eigenvalue weighted by atomic mass is 35.5. The van der Waals surface area contributed by atoms with Crippen LogP contribution in [0, 0.1) is 5.92 Å². The van der Waals surface area contributed by atoms with E-state index in [1.54, 1.807) is 0 Å². The predicted molar refractivity (Wildman–Crippen MR) is 97.5 cm³/mol. The van der Waals surface area contributed by atoms with Gasteiger partial charge in [0.15, 0.2) is 4.84 Å². The molecular weight excluding hydrogens is 381 g/mol. The fraction of sp³-hybridized carbons (Fsp3) is 0.412. The van der Waals surface area contributed by atoms with Gasteiger partial charge in [0.05, 0.1) is 11.1 Å². The maximum absolute atomic E-state index is 12.4. The molecule has 140 valence electrons. The minimum absolute atomic E-state index is 0.149. The maximum Gasteiger partial charge on any atom is 0.261 e. The van der Waals surface area contributed by atoms with Crippen LogP contribution in [0.4, 0.5) is 0 Å². The molecule has 0 saturated heterocycles. The van der Waals surface area contributed by atoms with Crippen LogP contribution >= 0.6 is 23.2 Å². The van der Waals surface area contributed by atoms with Gasteiger partial charge in [-0.05, 0) is 24.1 Å². The van der Waals surface area contributed by atoms with Gasteiger partial charge < -0.3 is 10.6 Å². The highest BCUT2D eigenvalue weighted by molar-refractivity contribution is 6.53. The molecule has 1 aliphatic rings. The van der Waals surface area contributed by atoms with Crippen molar-refractivity contribution in [3.05, 3.63) is 34.9 Å². The largest absolute Gasteiger partial charge is 0.352 e. The van der Waals surface area contributed by atoms with Crippen LogP contribution in [0.15, 0.2) is 18.2 Å². The number of hydrogen-bond acceptors (Lipinski definition) is 4. The summed E-state index contributed by atoms with van der Waals surface area (Å²) in [6, 6.07) is 4.39. The lowest BCUT2D eigenvalue weighted by molar-refractivity contribution is -0.119. The molecular formula is C17H19Cl2N3O4. The van der Waals surface area contributed by atoms with Crippen LogP contribution in [0.25, 0.3) is 0 Å². The molecule has 0 saturated carbocycles. The van der Waals surface area contributed by atoms with Gasteiger partial charge in [-0.1, -0.05) is 37.0 Å². The van der Waals surface area contributed by atoms with Gasteiger partial charge in [-0.2, -0.15) is 0 Å². The molecule has 0 bridgehead atoms. The van der Waals surface area contributed by atoms with Gasteiger partial charge in [0, 0.05) is 25.2 Å². The van der Waals surface area contributed by atoms with E-state index in [-0.39, 0.29) is 36.0 Å². The predicted octanol–water partition coefficient (Wildman–Crippen LogP) is 1.59. The molecule has 0 spiro atoms. The maximum atomic E-state index is 12.4. The minimum atomic E-state index is -1.17. The Hall–Kier alpha value is -2.12. The lowest BCUT2D eigenvalue weighted by atomic mass is 10.1. The summed E-state index contributed by atoms with van der Waals surface area (Å²) in [4.78, 5) is 48.1. The third-order valence-electron chi connectivity index (χ3n) is 3.69. The summed E-state index contributed by atoms with van der Waals surface area (Å²) in [5, 5.41) is 5.05. The number of amides is 4. The second-order valence-electron chi connectivity index (χ2n) is 6.22. The van der Waals surface area contributed by atoms with Crippen LogP contribution < -0.4 is 10.6 Å². The number of carbonyl (C=O) groups is 4. The Balaban J connectivity index is 2.00. The Morgan fingerprint density at radius 2 is 1.65 bits per heavy atom. The first-order valence-electron chi connectivity index (χ1n) is 8.06. The summed E-state index contributed by atoms with van der Waals surface area (Å²) in [6.45, 7) is 4.48. The van der Waals surface area contributed by atoms with E-state index in [0.29, 0.717) is 12.1 Å². The van der Waals surface area contributed by atoms with Crippen LogP contribution in [0.3, 0.4) is 0 Å². The van der Waals surface area contributed by atoms with Gasteiger partial charge in [0.1, 0.15) is 0 Å². The summed E-state index contributed by atoms with van der Waals surface area (Å²) in [6.07, 6.45) is 0. The summed E-state index contributed by atoms with van der Waals surface area (Å²) in [5.41, 5.74) is 0.786. The molecule has 0 fully saturated rings. The molecule has 0 aromatic heterocycles. The molecule has 1 aromatic carbocycles. The average Bonchev–Trinajstić information content (AvgIpc) is 2.82. The van der Waals surface area contributed by atoms with Crippen LogP contribution in [-0.2, 0) is 4.79 Å². The molecule has 2 rings (SSSR count). The zero-order chi connectivity index (χ0) is 19.4. The second-order valence-corrected chi connectivity index (χ2v) is 7.32. The Morgan fingerprint density at radius 3 is 2.27 bits per heavy atom. The number of carbonyl (C=O) groups excluding carboxylic acids is 4. The van der Waals surface area contributed by atoms with Crippen molar-refractivity contribution in [2.75, 3.05) is 19.6 Å². The summed E-state index contributed by atoms with van der Waals surface area (Å²) < 4.78 is 0. The monoisotopic (exact) mass is 399 g/mol. The first-order chi connectivity index (χ1) is 12.2. The van der Waals surface area contributed by atoms with Crippen molar-refractivity contribution in [3.8, 4) is 0 Å². The van der Waals surface area contributed by atoms with Gasteiger partial charge in [-0.15, -0.1) is 0 Å². The first-order valence-corrected chi connectivity index (χ1v) is 8.94. The number of imide groups is 1. The summed E-state index contributed by atoms with van der Waals surface area (Å²) >= 11 is 10.8. The zero-order valence-corrected chi connectivity index (χ0v) is 15.9. The summed E-state index contributed by atoms with van der Waals surface area (Å²) in [5.74, 6) is -1.55. The van der Waals surface area contributed by atoms with Crippen LogP contribution in [-0.4, -0.2) is 53.0 Å². The number of nitrogens with one attached hydrogen (secondary N) is 2. The quantitative estimate of drug-likeness (QED) is 0.413. The molecule has 26 heavy (non-hydrogen) atoms. The Morgan fingerprint density at radius 1 is 1.04 bits per heavy atom. The number of nitrogens with zero attached hydrogens (tertiary/aromatic N) is 1. The smallest absolute Gasteiger partial charge is 0.261 e. The van der Waals surface area contributed by atoms with E-state index in [9.17, 15) is 19.2 Å². The van der Waals surface area contributed by atoms with Crippen molar-refractivity contribution >= 4 is 46.8 Å². The molecule has 1 aromatic rings. The highest BCUT2D eigenvalue weighted by Gasteiger charge is 2.36. The van der Waals surface area contributed by atoms with Gasteiger partial charge >= 0.3 is 0 Å². The fourth-order valence-electron chi connectivity index (χ4n) is 2.50. The van der Waals surface area contributed by atoms with E-state index in [0.717, 1.165) is 0 Å². The normalized spacial score (nSPS) is 13.4. The first kappa shape index (κ1) is 20.2. The number of benzene rings is 1. The Labute approximate surface area is 161 Å². The van der Waals surface area contributed by atoms with E-state index >= 15 is 0 Å².